The van der Waals surface area contributed by atoms with E-state index >= 15 is 0 Å². The number of carbonyl (C=O) groups is 1. The molecule has 0 fully saturated rings. The molecule has 2 aromatic rings. The molecule has 0 unspecified atom stereocenters. The van der Waals surface area contributed by atoms with E-state index in [0.29, 0.717) is 11.3 Å². The van der Waals surface area contributed by atoms with Crippen LogP contribution in [0, 0.1) is 5.82 Å². The fraction of sp³-hybridized carbons (Fsp3) is 0.167. The molecule has 0 aliphatic carbocycles. The predicted molar refractivity (Wildman–Crippen MR) is 67.1 cm³/mol. The third kappa shape index (κ3) is 2.39. The number of rotatable bonds is 3. The zero-order chi connectivity index (χ0) is 14.2. The van der Waals surface area contributed by atoms with Gasteiger partial charge in [0.25, 0.3) is 0 Å². The summed E-state index contributed by atoms with van der Waals surface area (Å²) >= 11 is 5.81. The Morgan fingerprint density at radius 1 is 1.47 bits per heavy atom. The van der Waals surface area contributed by atoms with Crippen LogP contribution in [0.5, 0.6) is 5.75 Å². The van der Waals surface area contributed by atoms with Gasteiger partial charge in [-0.3, -0.25) is 4.68 Å². The van der Waals surface area contributed by atoms with Crippen LogP contribution < -0.4 is 4.74 Å². The number of benzene rings is 1. The van der Waals surface area contributed by atoms with Crippen LogP contribution in [0.2, 0.25) is 5.02 Å². The summed E-state index contributed by atoms with van der Waals surface area (Å²) in [4.78, 5) is 10.9. The highest BCUT2D eigenvalue weighted by Crippen LogP contribution is 2.35. The van der Waals surface area contributed by atoms with E-state index in [-0.39, 0.29) is 16.5 Å². The largest absolute Gasteiger partial charge is 0.493 e. The molecule has 100 valence electrons. The van der Waals surface area contributed by atoms with Crippen molar-refractivity contribution >= 4 is 17.6 Å². The van der Waals surface area contributed by atoms with Crippen LogP contribution >= 0.6 is 11.6 Å². The molecule has 7 heteroatoms. The van der Waals surface area contributed by atoms with Crippen molar-refractivity contribution < 1.29 is 19.0 Å². The van der Waals surface area contributed by atoms with E-state index in [1.807, 2.05) is 0 Å². The average Bonchev–Trinajstić information content (AvgIpc) is 2.70. The number of aryl methyl sites for hydroxylation is 1. The maximum atomic E-state index is 13.7. The van der Waals surface area contributed by atoms with Crippen molar-refractivity contribution in [2.75, 3.05) is 7.11 Å². The molecule has 0 aliphatic heterocycles. The number of aromatic nitrogens is 2. The lowest BCUT2D eigenvalue weighted by Gasteiger charge is -2.10. The molecule has 1 N–H and O–H groups in total. The molecule has 0 aliphatic rings. The molecule has 1 aromatic heterocycles. The Balaban J connectivity index is 2.67. The second kappa shape index (κ2) is 4.89. The summed E-state index contributed by atoms with van der Waals surface area (Å²) in [5, 5.41) is 12.9. The molecule has 0 saturated carbocycles. The maximum absolute atomic E-state index is 13.7. The third-order valence-corrected chi connectivity index (χ3v) is 2.81. The number of aromatic carboxylic acids is 1. The molecule has 0 atom stereocenters. The number of hydrogen-bond donors (Lipinski definition) is 1. The lowest BCUT2D eigenvalue weighted by Crippen LogP contribution is -2.00. The fourth-order valence-electron chi connectivity index (χ4n) is 1.78. The summed E-state index contributed by atoms with van der Waals surface area (Å²) in [5.74, 6) is -1.80. The van der Waals surface area contributed by atoms with E-state index < -0.39 is 11.8 Å². The van der Waals surface area contributed by atoms with E-state index in [9.17, 15) is 9.18 Å². The number of ether oxygens (including phenoxy) is 1. The summed E-state index contributed by atoms with van der Waals surface area (Å²) in [7, 11) is 2.88. The Morgan fingerprint density at radius 2 is 2.16 bits per heavy atom. The average molecular weight is 285 g/mol. The van der Waals surface area contributed by atoms with Gasteiger partial charge in [-0.25, -0.2) is 9.18 Å². The standard InChI is InChI=1S/C12H10ClFN2O3/c1-16-10(5-9(15-16)12(17)18)7-3-6(13)4-8(14)11(7)19-2/h3-5H,1-2H3,(H,17,18). The van der Waals surface area contributed by atoms with Crippen molar-refractivity contribution in [1.82, 2.24) is 9.78 Å². The van der Waals surface area contributed by atoms with E-state index in [1.54, 1.807) is 7.05 Å². The van der Waals surface area contributed by atoms with Crippen molar-refractivity contribution in [3.8, 4) is 17.0 Å². The first-order valence-electron chi connectivity index (χ1n) is 5.24. The second-order valence-electron chi connectivity index (χ2n) is 3.81. The predicted octanol–water partition coefficient (Wildman–Crippen LogP) is 2.59. The molecule has 0 radical (unpaired) electrons. The normalized spacial score (nSPS) is 10.5. The highest BCUT2D eigenvalue weighted by molar-refractivity contribution is 6.31. The van der Waals surface area contributed by atoms with Crippen LogP contribution in [-0.2, 0) is 7.05 Å². The number of carboxylic acids is 1. The first kappa shape index (κ1) is 13.4. The molecular weight excluding hydrogens is 275 g/mol. The number of carboxylic acid groups (broad SMARTS) is 1. The summed E-state index contributed by atoms with van der Waals surface area (Å²) in [5.41, 5.74) is 0.602. The van der Waals surface area contributed by atoms with Gasteiger partial charge in [-0.2, -0.15) is 5.10 Å². The topological polar surface area (TPSA) is 64.3 Å². The summed E-state index contributed by atoms with van der Waals surface area (Å²) in [6.07, 6.45) is 0. The van der Waals surface area contributed by atoms with Gasteiger partial charge in [0, 0.05) is 17.6 Å². The third-order valence-electron chi connectivity index (χ3n) is 2.59. The van der Waals surface area contributed by atoms with Crippen molar-refractivity contribution in [3.63, 3.8) is 0 Å². The molecule has 0 bridgehead atoms. The zero-order valence-corrected chi connectivity index (χ0v) is 10.9. The monoisotopic (exact) mass is 284 g/mol. The minimum absolute atomic E-state index is 0.00987. The first-order valence-corrected chi connectivity index (χ1v) is 5.62. The molecule has 19 heavy (non-hydrogen) atoms. The molecule has 1 aromatic carbocycles. The van der Waals surface area contributed by atoms with Gasteiger partial charge in [-0.1, -0.05) is 11.6 Å². The van der Waals surface area contributed by atoms with Crippen molar-refractivity contribution in [1.29, 1.82) is 0 Å². The van der Waals surface area contributed by atoms with Gasteiger partial charge < -0.3 is 9.84 Å². The van der Waals surface area contributed by atoms with Crippen LogP contribution in [0.3, 0.4) is 0 Å². The van der Waals surface area contributed by atoms with Crippen molar-refractivity contribution in [3.05, 3.63) is 34.7 Å². The van der Waals surface area contributed by atoms with Gasteiger partial charge in [-0.05, 0) is 18.2 Å². The Bertz CT molecular complexity index is 655. The molecule has 0 saturated heterocycles. The number of halogens is 2. The zero-order valence-electron chi connectivity index (χ0n) is 10.1. The first-order chi connectivity index (χ1) is 8.93. The molecule has 2 rings (SSSR count). The van der Waals surface area contributed by atoms with E-state index in [2.05, 4.69) is 5.10 Å². The van der Waals surface area contributed by atoms with Crippen LogP contribution in [0.1, 0.15) is 10.5 Å². The smallest absolute Gasteiger partial charge is 0.356 e. The summed E-state index contributed by atoms with van der Waals surface area (Å²) in [6, 6.07) is 3.94. The van der Waals surface area contributed by atoms with Gasteiger partial charge in [0.05, 0.1) is 12.8 Å². The van der Waals surface area contributed by atoms with Gasteiger partial charge in [-0.15, -0.1) is 0 Å². The quantitative estimate of drug-likeness (QED) is 0.941. The number of nitrogens with zero attached hydrogens (tertiary/aromatic N) is 2. The van der Waals surface area contributed by atoms with Gasteiger partial charge in [0.1, 0.15) is 0 Å². The van der Waals surface area contributed by atoms with Gasteiger partial charge in [0.15, 0.2) is 17.3 Å². The minimum Gasteiger partial charge on any atom is -0.493 e. The Labute approximate surface area is 113 Å². The Kier molecular flexibility index (Phi) is 3.44. The molecule has 1 heterocycles. The lowest BCUT2D eigenvalue weighted by atomic mass is 10.1. The summed E-state index contributed by atoms with van der Waals surface area (Å²) in [6.45, 7) is 0. The number of hydrogen-bond acceptors (Lipinski definition) is 3. The van der Waals surface area contributed by atoms with Crippen LogP contribution in [0.15, 0.2) is 18.2 Å². The summed E-state index contributed by atoms with van der Waals surface area (Å²) < 4.78 is 20.1. The van der Waals surface area contributed by atoms with Crippen LogP contribution in [0.4, 0.5) is 4.39 Å². The van der Waals surface area contributed by atoms with E-state index in [0.717, 1.165) is 6.07 Å². The highest BCUT2D eigenvalue weighted by atomic mass is 35.5. The van der Waals surface area contributed by atoms with E-state index in [4.69, 9.17) is 21.4 Å². The molecule has 5 nitrogen and oxygen atoms in total. The molecular formula is C12H10ClFN2O3. The minimum atomic E-state index is -1.16. The Hall–Kier alpha value is -2.08. The maximum Gasteiger partial charge on any atom is 0.356 e. The Morgan fingerprint density at radius 3 is 2.68 bits per heavy atom. The molecule has 0 spiro atoms. The lowest BCUT2D eigenvalue weighted by molar-refractivity contribution is 0.0689. The van der Waals surface area contributed by atoms with Crippen molar-refractivity contribution in [2.24, 2.45) is 7.05 Å². The van der Waals surface area contributed by atoms with Crippen LogP contribution in [-0.4, -0.2) is 28.0 Å². The van der Waals surface area contributed by atoms with Gasteiger partial charge in [0.2, 0.25) is 0 Å². The van der Waals surface area contributed by atoms with E-state index in [1.165, 1.54) is 23.9 Å². The van der Waals surface area contributed by atoms with Crippen LogP contribution in [0.25, 0.3) is 11.3 Å². The van der Waals surface area contributed by atoms with Crippen molar-refractivity contribution in [2.45, 2.75) is 0 Å². The highest BCUT2D eigenvalue weighted by Gasteiger charge is 2.18. The number of methoxy groups -OCH3 is 1. The second-order valence-corrected chi connectivity index (χ2v) is 4.25. The molecule has 0 amide bonds. The SMILES string of the molecule is COc1c(F)cc(Cl)cc1-c1cc(C(=O)O)nn1C. The van der Waals surface area contributed by atoms with Gasteiger partial charge >= 0.3 is 5.97 Å². The fourth-order valence-corrected chi connectivity index (χ4v) is 1.99.